The third-order valence-corrected chi connectivity index (χ3v) is 4.80. The summed E-state index contributed by atoms with van der Waals surface area (Å²) < 4.78 is 2.24. The molecule has 140 valence electrons. The van der Waals surface area contributed by atoms with Crippen molar-refractivity contribution in [2.45, 2.75) is 19.4 Å². The van der Waals surface area contributed by atoms with Crippen LogP contribution in [0.5, 0.6) is 0 Å². The molecule has 4 aromatic rings. The van der Waals surface area contributed by atoms with Crippen molar-refractivity contribution in [3.05, 3.63) is 102 Å². The molecule has 28 heavy (non-hydrogen) atoms. The number of aromatic nitrogens is 2. The van der Waals surface area contributed by atoms with Crippen LogP contribution >= 0.6 is 0 Å². The SMILES string of the molecule is O=C(Cc1ccccc1)NCCc1nc2ccccc2n1Cc1ccccc1. The lowest BCUT2D eigenvalue weighted by Crippen LogP contribution is -2.28. The second-order valence-corrected chi connectivity index (χ2v) is 6.85. The zero-order chi connectivity index (χ0) is 19.2. The summed E-state index contributed by atoms with van der Waals surface area (Å²) in [4.78, 5) is 17.0. The third kappa shape index (κ3) is 4.29. The summed E-state index contributed by atoms with van der Waals surface area (Å²) >= 11 is 0. The van der Waals surface area contributed by atoms with Crippen molar-refractivity contribution in [1.82, 2.24) is 14.9 Å². The van der Waals surface area contributed by atoms with Gasteiger partial charge in [0.1, 0.15) is 5.82 Å². The Labute approximate surface area is 164 Å². The Morgan fingerprint density at radius 2 is 1.46 bits per heavy atom. The highest BCUT2D eigenvalue weighted by Gasteiger charge is 2.11. The molecule has 1 heterocycles. The van der Waals surface area contributed by atoms with Gasteiger partial charge >= 0.3 is 0 Å². The van der Waals surface area contributed by atoms with E-state index in [1.165, 1.54) is 5.56 Å². The minimum absolute atomic E-state index is 0.0388. The first-order valence-corrected chi connectivity index (χ1v) is 9.58. The molecular formula is C24H23N3O. The van der Waals surface area contributed by atoms with E-state index in [2.05, 4.69) is 40.2 Å². The topological polar surface area (TPSA) is 46.9 Å². The molecule has 1 aromatic heterocycles. The molecule has 0 atom stereocenters. The zero-order valence-corrected chi connectivity index (χ0v) is 15.7. The van der Waals surface area contributed by atoms with Gasteiger partial charge in [0.25, 0.3) is 0 Å². The number of carbonyl (C=O) groups excluding carboxylic acids is 1. The predicted molar refractivity (Wildman–Crippen MR) is 112 cm³/mol. The number of nitrogens with zero attached hydrogens (tertiary/aromatic N) is 2. The average molecular weight is 369 g/mol. The third-order valence-electron chi connectivity index (χ3n) is 4.80. The van der Waals surface area contributed by atoms with E-state index < -0.39 is 0 Å². The van der Waals surface area contributed by atoms with Crippen molar-refractivity contribution in [2.24, 2.45) is 0 Å². The summed E-state index contributed by atoms with van der Waals surface area (Å²) in [6.07, 6.45) is 1.10. The quantitative estimate of drug-likeness (QED) is 0.535. The maximum Gasteiger partial charge on any atom is 0.224 e. The van der Waals surface area contributed by atoms with Crippen molar-refractivity contribution in [3.8, 4) is 0 Å². The van der Waals surface area contributed by atoms with Crippen molar-refractivity contribution < 1.29 is 4.79 Å². The summed E-state index contributed by atoms with van der Waals surface area (Å²) in [5.74, 6) is 1.03. The number of hydrogen-bond donors (Lipinski definition) is 1. The summed E-state index contributed by atoms with van der Waals surface area (Å²) in [7, 11) is 0. The van der Waals surface area contributed by atoms with Crippen LogP contribution in [-0.4, -0.2) is 22.0 Å². The number of para-hydroxylation sites is 2. The van der Waals surface area contributed by atoms with Gasteiger partial charge in [-0.1, -0.05) is 72.8 Å². The Morgan fingerprint density at radius 1 is 0.821 bits per heavy atom. The van der Waals surface area contributed by atoms with Gasteiger partial charge in [-0.05, 0) is 23.3 Å². The molecule has 0 aliphatic heterocycles. The van der Waals surface area contributed by atoms with E-state index in [0.29, 0.717) is 19.4 Å². The number of fused-ring (bicyclic) bond motifs is 1. The Bertz CT molecular complexity index is 1060. The second kappa shape index (κ2) is 8.53. The summed E-state index contributed by atoms with van der Waals surface area (Å²) in [6.45, 7) is 1.35. The van der Waals surface area contributed by atoms with E-state index in [-0.39, 0.29) is 5.91 Å². The molecule has 0 unspecified atom stereocenters. The molecule has 3 aromatic carbocycles. The minimum Gasteiger partial charge on any atom is -0.355 e. The summed E-state index contributed by atoms with van der Waals surface area (Å²) in [5.41, 5.74) is 4.37. The van der Waals surface area contributed by atoms with E-state index in [1.807, 2.05) is 54.6 Å². The number of amides is 1. The molecule has 0 aliphatic rings. The number of hydrogen-bond acceptors (Lipinski definition) is 2. The van der Waals surface area contributed by atoms with Gasteiger partial charge in [0, 0.05) is 19.5 Å². The van der Waals surface area contributed by atoms with Crippen LogP contribution in [0, 0.1) is 0 Å². The van der Waals surface area contributed by atoms with Crippen molar-refractivity contribution in [2.75, 3.05) is 6.54 Å². The molecule has 4 nitrogen and oxygen atoms in total. The Hall–Kier alpha value is -3.40. The van der Waals surface area contributed by atoms with Gasteiger partial charge in [-0.2, -0.15) is 0 Å². The highest BCUT2D eigenvalue weighted by atomic mass is 16.1. The molecule has 1 amide bonds. The van der Waals surface area contributed by atoms with Crippen molar-refractivity contribution in [1.29, 1.82) is 0 Å². The number of imidazole rings is 1. The first-order valence-electron chi connectivity index (χ1n) is 9.58. The van der Waals surface area contributed by atoms with Crippen molar-refractivity contribution >= 4 is 16.9 Å². The standard InChI is InChI=1S/C24H23N3O/c28-24(17-19-9-3-1-4-10-19)25-16-15-23-26-21-13-7-8-14-22(21)27(23)18-20-11-5-2-6-12-20/h1-14H,15-18H2,(H,25,28). The molecule has 0 spiro atoms. The lowest BCUT2D eigenvalue weighted by atomic mass is 10.1. The Kier molecular flexibility index (Phi) is 5.48. The predicted octanol–water partition coefficient (Wildman–Crippen LogP) is 3.99. The van der Waals surface area contributed by atoms with Gasteiger partial charge in [-0.15, -0.1) is 0 Å². The summed E-state index contributed by atoms with van der Waals surface area (Å²) in [5, 5.41) is 3.02. The van der Waals surface area contributed by atoms with Crippen LogP contribution in [0.25, 0.3) is 11.0 Å². The zero-order valence-electron chi connectivity index (χ0n) is 15.7. The van der Waals surface area contributed by atoms with Crippen LogP contribution in [0.4, 0.5) is 0 Å². The van der Waals surface area contributed by atoms with Crippen LogP contribution in [0.2, 0.25) is 0 Å². The molecule has 1 N–H and O–H groups in total. The lowest BCUT2D eigenvalue weighted by molar-refractivity contribution is -0.120. The van der Waals surface area contributed by atoms with Gasteiger partial charge in [0.15, 0.2) is 0 Å². The van der Waals surface area contributed by atoms with E-state index in [4.69, 9.17) is 4.98 Å². The number of carbonyl (C=O) groups is 1. The van der Waals surface area contributed by atoms with Gasteiger partial charge in [0.2, 0.25) is 5.91 Å². The number of nitrogens with one attached hydrogen (secondary N) is 1. The highest BCUT2D eigenvalue weighted by Crippen LogP contribution is 2.18. The first-order chi connectivity index (χ1) is 13.8. The number of benzene rings is 3. The van der Waals surface area contributed by atoms with Crippen LogP contribution < -0.4 is 5.32 Å². The van der Waals surface area contributed by atoms with Gasteiger partial charge in [0.05, 0.1) is 17.5 Å². The van der Waals surface area contributed by atoms with Crippen LogP contribution in [0.15, 0.2) is 84.9 Å². The summed E-state index contributed by atoms with van der Waals surface area (Å²) in [6, 6.07) is 28.4. The molecule has 0 aliphatic carbocycles. The van der Waals surface area contributed by atoms with Gasteiger partial charge < -0.3 is 9.88 Å². The van der Waals surface area contributed by atoms with Crippen molar-refractivity contribution in [3.63, 3.8) is 0 Å². The maximum absolute atomic E-state index is 12.2. The second-order valence-electron chi connectivity index (χ2n) is 6.85. The number of rotatable bonds is 7. The minimum atomic E-state index is 0.0388. The molecule has 0 radical (unpaired) electrons. The van der Waals surface area contributed by atoms with Gasteiger partial charge in [-0.25, -0.2) is 4.98 Å². The molecule has 4 heteroatoms. The van der Waals surface area contributed by atoms with E-state index in [9.17, 15) is 4.79 Å². The monoisotopic (exact) mass is 369 g/mol. The Morgan fingerprint density at radius 3 is 2.21 bits per heavy atom. The molecular weight excluding hydrogens is 346 g/mol. The fraction of sp³-hybridized carbons (Fsp3) is 0.167. The van der Waals surface area contributed by atoms with E-state index >= 15 is 0 Å². The average Bonchev–Trinajstić information content (AvgIpc) is 3.07. The molecule has 4 rings (SSSR count). The first kappa shape index (κ1) is 18.0. The fourth-order valence-corrected chi connectivity index (χ4v) is 3.42. The van der Waals surface area contributed by atoms with Crippen LogP contribution in [0.1, 0.15) is 17.0 Å². The van der Waals surface area contributed by atoms with E-state index in [1.54, 1.807) is 0 Å². The largest absolute Gasteiger partial charge is 0.355 e. The smallest absolute Gasteiger partial charge is 0.224 e. The lowest BCUT2D eigenvalue weighted by Gasteiger charge is -2.10. The Balaban J connectivity index is 1.46. The van der Waals surface area contributed by atoms with E-state index in [0.717, 1.165) is 29.0 Å². The van der Waals surface area contributed by atoms with Crippen LogP contribution in [0.3, 0.4) is 0 Å². The molecule has 0 fully saturated rings. The normalized spacial score (nSPS) is 10.9. The van der Waals surface area contributed by atoms with Crippen LogP contribution in [-0.2, 0) is 24.2 Å². The van der Waals surface area contributed by atoms with Gasteiger partial charge in [-0.3, -0.25) is 4.79 Å². The molecule has 0 bridgehead atoms. The maximum atomic E-state index is 12.2. The fourth-order valence-electron chi connectivity index (χ4n) is 3.42. The highest BCUT2D eigenvalue weighted by molar-refractivity contribution is 5.78. The molecule has 0 saturated carbocycles. The molecule has 0 saturated heterocycles.